The van der Waals surface area contributed by atoms with Gasteiger partial charge >= 0.3 is 0 Å². The van der Waals surface area contributed by atoms with Gasteiger partial charge in [0.1, 0.15) is 11.2 Å². The van der Waals surface area contributed by atoms with Gasteiger partial charge in [-0.15, -0.1) is 4.41 Å². The monoisotopic (exact) mass is 546 g/mol. The third-order valence-electron chi connectivity index (χ3n) is 6.84. The zero-order valence-corrected chi connectivity index (χ0v) is 22.4. The molecular weight excluding hydrogens is 508 g/mol. The van der Waals surface area contributed by atoms with E-state index in [4.69, 9.17) is 17.2 Å². The molecule has 7 N–H and O–H groups in total. The normalized spacial score (nSPS) is 16.2. The second-order valence-corrected chi connectivity index (χ2v) is 11.2. The molecular formula is C26H38N6O5S. The van der Waals surface area contributed by atoms with Gasteiger partial charge in [0.25, 0.3) is 10.0 Å². The van der Waals surface area contributed by atoms with Crippen molar-refractivity contribution in [1.29, 1.82) is 0 Å². The van der Waals surface area contributed by atoms with Crippen LogP contribution in [0, 0.1) is 0 Å². The van der Waals surface area contributed by atoms with E-state index in [2.05, 4.69) is 4.99 Å². The smallest absolute Gasteiger partial charge is 0.257 e. The van der Waals surface area contributed by atoms with Gasteiger partial charge in [-0.1, -0.05) is 37.1 Å². The summed E-state index contributed by atoms with van der Waals surface area (Å²) in [5.41, 5.74) is 16.7. The van der Waals surface area contributed by atoms with Gasteiger partial charge in [0.2, 0.25) is 0 Å². The van der Waals surface area contributed by atoms with Crippen molar-refractivity contribution in [3.05, 3.63) is 41.5 Å². The average molecular weight is 547 g/mol. The third-order valence-corrected chi connectivity index (χ3v) is 8.74. The number of Topliss-reactive ketones (excluding diaryl/α,β-unsaturated/α-hetero) is 1. The minimum absolute atomic E-state index is 0.0210. The summed E-state index contributed by atoms with van der Waals surface area (Å²) in [4.78, 5) is 28.8. The molecule has 1 aliphatic rings. The Morgan fingerprint density at radius 2 is 1.92 bits per heavy atom. The first-order valence-corrected chi connectivity index (χ1v) is 14.4. The largest absolute Gasteiger partial charge is 0.392 e. The molecule has 3 rings (SSSR count). The van der Waals surface area contributed by atoms with Gasteiger partial charge in [0, 0.05) is 43.2 Å². The molecule has 0 aliphatic carbocycles. The van der Waals surface area contributed by atoms with E-state index in [1.54, 1.807) is 35.3 Å². The SMILES string of the molecule is NCC1CCCN1N(CC=O)S(=O)(=O)c1c(C(=O)CCCCCCN=C(N)N)cc2ccccc2c1CO. The van der Waals surface area contributed by atoms with Crippen LogP contribution in [0.15, 0.2) is 40.2 Å². The molecule has 12 heteroatoms. The first-order valence-electron chi connectivity index (χ1n) is 12.9. The molecule has 1 aliphatic heterocycles. The minimum Gasteiger partial charge on any atom is -0.392 e. The lowest BCUT2D eigenvalue weighted by Gasteiger charge is -2.34. The van der Waals surface area contributed by atoms with E-state index in [1.165, 1.54) is 0 Å². The number of fused-ring (bicyclic) bond motifs is 1. The summed E-state index contributed by atoms with van der Waals surface area (Å²) in [5.74, 6) is -0.295. The van der Waals surface area contributed by atoms with Crippen LogP contribution in [0.1, 0.15) is 60.9 Å². The second kappa shape index (κ2) is 13.8. The van der Waals surface area contributed by atoms with Crippen molar-refractivity contribution >= 4 is 38.8 Å². The Balaban J connectivity index is 2.00. The van der Waals surface area contributed by atoms with Crippen LogP contribution in [0.5, 0.6) is 0 Å². The maximum absolute atomic E-state index is 14.2. The number of aliphatic imine (C=N–C) groups is 1. The van der Waals surface area contributed by atoms with Crippen LogP contribution in [0.3, 0.4) is 0 Å². The van der Waals surface area contributed by atoms with E-state index in [0.717, 1.165) is 30.1 Å². The van der Waals surface area contributed by atoms with Crippen molar-refractivity contribution in [3.8, 4) is 0 Å². The number of hydrazine groups is 1. The van der Waals surface area contributed by atoms with E-state index in [0.29, 0.717) is 43.0 Å². The van der Waals surface area contributed by atoms with Gasteiger partial charge in [0.15, 0.2) is 11.7 Å². The second-order valence-electron chi connectivity index (χ2n) is 9.38. The minimum atomic E-state index is -4.40. The number of ketones is 1. The number of sulfonamides is 1. The first kappa shape index (κ1) is 29.7. The molecule has 0 amide bonds. The molecule has 1 unspecified atom stereocenters. The summed E-state index contributed by atoms with van der Waals surface area (Å²) in [6.45, 7) is 0.150. The van der Waals surface area contributed by atoms with Gasteiger partial charge in [-0.05, 0) is 42.5 Å². The highest BCUT2D eigenvalue weighted by molar-refractivity contribution is 7.89. The molecule has 38 heavy (non-hydrogen) atoms. The number of aldehydes is 1. The lowest BCUT2D eigenvalue weighted by Crippen LogP contribution is -2.52. The third kappa shape index (κ3) is 6.75. The van der Waals surface area contributed by atoms with Gasteiger partial charge in [0.05, 0.1) is 13.2 Å². The molecule has 1 heterocycles. The highest BCUT2D eigenvalue weighted by Crippen LogP contribution is 2.35. The number of nitrogens with two attached hydrogens (primary N) is 3. The topological polar surface area (TPSA) is 185 Å². The zero-order chi connectivity index (χ0) is 27.7. The molecule has 0 radical (unpaired) electrons. The van der Waals surface area contributed by atoms with Crippen LogP contribution >= 0.6 is 0 Å². The van der Waals surface area contributed by atoms with Crippen LogP contribution in [0.2, 0.25) is 0 Å². The number of unbranched alkanes of at least 4 members (excludes halogenated alkanes) is 3. The van der Waals surface area contributed by atoms with Gasteiger partial charge in [-0.2, -0.15) is 0 Å². The predicted molar refractivity (Wildman–Crippen MR) is 147 cm³/mol. The van der Waals surface area contributed by atoms with Crippen LogP contribution in [-0.4, -0.2) is 73.2 Å². The van der Waals surface area contributed by atoms with E-state index >= 15 is 0 Å². The Kier molecular flexibility index (Phi) is 10.7. The van der Waals surface area contributed by atoms with E-state index in [9.17, 15) is 23.1 Å². The lowest BCUT2D eigenvalue weighted by atomic mass is 9.96. The molecule has 2 aromatic carbocycles. The average Bonchev–Trinajstić information content (AvgIpc) is 3.37. The summed E-state index contributed by atoms with van der Waals surface area (Å²) in [6, 6.07) is 8.35. The van der Waals surface area contributed by atoms with Gasteiger partial charge in [-0.3, -0.25) is 9.79 Å². The molecule has 208 valence electrons. The number of benzene rings is 2. The van der Waals surface area contributed by atoms with Crippen LogP contribution < -0.4 is 17.2 Å². The fourth-order valence-corrected chi connectivity index (χ4v) is 6.92. The summed E-state index contributed by atoms with van der Waals surface area (Å²) in [7, 11) is -4.40. The van der Waals surface area contributed by atoms with Gasteiger partial charge < -0.3 is 27.1 Å². The van der Waals surface area contributed by atoms with E-state index in [1.807, 2.05) is 0 Å². The Morgan fingerprint density at radius 1 is 1.18 bits per heavy atom. The number of aliphatic hydroxyl groups excluding tert-OH is 1. The molecule has 0 saturated carbocycles. The molecule has 0 bridgehead atoms. The molecule has 11 nitrogen and oxygen atoms in total. The molecule has 1 atom stereocenters. The number of carbonyl (C=O) groups is 2. The summed E-state index contributed by atoms with van der Waals surface area (Å²) in [6.07, 6.45) is 4.97. The Bertz CT molecular complexity index is 1260. The van der Waals surface area contributed by atoms with Crippen molar-refractivity contribution in [2.24, 2.45) is 22.2 Å². The molecule has 2 aromatic rings. The van der Waals surface area contributed by atoms with Crippen LogP contribution in [-0.2, 0) is 21.4 Å². The summed E-state index contributed by atoms with van der Waals surface area (Å²) < 4.78 is 29.4. The highest BCUT2D eigenvalue weighted by atomic mass is 32.2. The van der Waals surface area contributed by atoms with Crippen LogP contribution in [0.4, 0.5) is 0 Å². The van der Waals surface area contributed by atoms with Crippen molar-refractivity contribution in [1.82, 2.24) is 9.42 Å². The van der Waals surface area contributed by atoms with Crippen molar-refractivity contribution in [3.63, 3.8) is 0 Å². The summed E-state index contributed by atoms with van der Waals surface area (Å²) in [5, 5.41) is 13.2. The maximum Gasteiger partial charge on any atom is 0.257 e. The van der Waals surface area contributed by atoms with E-state index < -0.39 is 23.2 Å². The molecule has 1 saturated heterocycles. The molecule has 0 aromatic heterocycles. The number of hydrogen-bond acceptors (Lipinski definition) is 8. The number of guanidine groups is 1. The predicted octanol–water partition coefficient (Wildman–Crippen LogP) is 1.27. The Morgan fingerprint density at radius 3 is 2.61 bits per heavy atom. The summed E-state index contributed by atoms with van der Waals surface area (Å²) >= 11 is 0. The van der Waals surface area contributed by atoms with Crippen molar-refractivity contribution in [2.75, 3.05) is 26.2 Å². The number of hydrogen-bond donors (Lipinski definition) is 4. The Labute approximate surface area is 223 Å². The molecule has 0 spiro atoms. The standard InChI is InChI=1S/C26H38N6O5S/c27-17-20-9-7-13-31(20)32(14-15-33)38(36,37)25-22(16-19-8-4-5-10-21(19)23(25)18-34)24(35)11-3-1-2-6-12-30-26(28)29/h4-5,8,10,15-16,20,34H,1-3,6-7,9,11-14,17-18,27H2,(H4,28,29,30). The fraction of sp³-hybridized carbons (Fsp3) is 0.500. The van der Waals surface area contributed by atoms with Crippen LogP contribution in [0.25, 0.3) is 10.8 Å². The highest BCUT2D eigenvalue weighted by Gasteiger charge is 2.39. The van der Waals surface area contributed by atoms with Gasteiger partial charge in [-0.25, -0.2) is 13.4 Å². The number of nitrogens with zero attached hydrogens (tertiary/aromatic N) is 3. The van der Waals surface area contributed by atoms with Crippen molar-refractivity contribution < 1.29 is 23.1 Å². The maximum atomic E-state index is 14.2. The zero-order valence-electron chi connectivity index (χ0n) is 21.6. The number of rotatable bonds is 15. The quantitative estimate of drug-likeness (QED) is 0.0839. The fourth-order valence-electron chi connectivity index (χ4n) is 5.02. The lowest BCUT2D eigenvalue weighted by molar-refractivity contribution is -0.110. The molecule has 1 fully saturated rings. The van der Waals surface area contributed by atoms with E-state index in [-0.39, 0.29) is 46.8 Å². The first-order chi connectivity index (χ1) is 18.3. The number of aliphatic hydroxyl groups is 1. The Hall–Kier alpha value is -2.90. The van der Waals surface area contributed by atoms with Crippen molar-refractivity contribution in [2.45, 2.75) is 62.5 Å². The number of carbonyl (C=O) groups excluding carboxylic acids is 2.